The Morgan fingerprint density at radius 1 is 1.50 bits per heavy atom. The maximum absolute atomic E-state index is 9.95. The largest absolute Gasteiger partial charge is 0.493 e. The molecule has 0 spiro atoms. The van der Waals surface area contributed by atoms with Gasteiger partial charge >= 0.3 is 0 Å². The third kappa shape index (κ3) is 2.37. The normalized spacial score (nSPS) is 20.0. The van der Waals surface area contributed by atoms with Crippen LogP contribution in [0.2, 0.25) is 0 Å². The first-order valence-electron chi connectivity index (χ1n) is 5.59. The second-order valence-corrected chi connectivity index (χ2v) is 4.08. The second-order valence-electron chi connectivity index (χ2n) is 4.08. The number of fused-ring (bicyclic) bond motifs is 1. The molecule has 1 aromatic carbocycles. The van der Waals surface area contributed by atoms with Gasteiger partial charge in [-0.2, -0.15) is 0 Å². The molecule has 0 fully saturated rings. The summed E-state index contributed by atoms with van der Waals surface area (Å²) in [6.07, 6.45) is 1.02. The SMILES string of the molecule is CC#CCC(O)C1COc2ccccc2C1. The van der Waals surface area contributed by atoms with Crippen LogP contribution in [0, 0.1) is 17.8 Å². The minimum Gasteiger partial charge on any atom is -0.493 e. The van der Waals surface area contributed by atoms with Crippen LogP contribution >= 0.6 is 0 Å². The van der Waals surface area contributed by atoms with Gasteiger partial charge in [-0.15, -0.1) is 11.8 Å². The predicted molar refractivity (Wildman–Crippen MR) is 63.2 cm³/mol. The summed E-state index contributed by atoms with van der Waals surface area (Å²) in [7, 11) is 0. The van der Waals surface area contributed by atoms with Crippen molar-refractivity contribution in [3.05, 3.63) is 29.8 Å². The van der Waals surface area contributed by atoms with Crippen molar-refractivity contribution in [1.82, 2.24) is 0 Å². The topological polar surface area (TPSA) is 29.5 Å². The molecule has 1 N–H and O–H groups in total. The highest BCUT2D eigenvalue weighted by Gasteiger charge is 2.25. The lowest BCUT2D eigenvalue weighted by atomic mass is 9.91. The Balaban J connectivity index is 2.04. The van der Waals surface area contributed by atoms with E-state index in [0.717, 1.165) is 12.2 Å². The molecule has 0 aromatic heterocycles. The van der Waals surface area contributed by atoms with Crippen LogP contribution in [0.5, 0.6) is 5.75 Å². The van der Waals surface area contributed by atoms with E-state index in [2.05, 4.69) is 17.9 Å². The molecular formula is C14H16O2. The first kappa shape index (κ1) is 11.0. The maximum atomic E-state index is 9.95. The van der Waals surface area contributed by atoms with Crippen molar-refractivity contribution in [2.45, 2.75) is 25.9 Å². The predicted octanol–water partition coefficient (Wildman–Crippen LogP) is 2.01. The van der Waals surface area contributed by atoms with Crippen LogP contribution in [-0.4, -0.2) is 17.8 Å². The molecule has 0 aliphatic carbocycles. The number of aliphatic hydroxyl groups excluding tert-OH is 1. The quantitative estimate of drug-likeness (QED) is 0.766. The maximum Gasteiger partial charge on any atom is 0.122 e. The minimum atomic E-state index is -0.388. The van der Waals surface area contributed by atoms with Gasteiger partial charge in [0, 0.05) is 12.3 Å². The molecule has 2 nitrogen and oxygen atoms in total. The molecule has 1 aliphatic heterocycles. The van der Waals surface area contributed by atoms with E-state index < -0.39 is 0 Å². The second kappa shape index (κ2) is 5.05. The Hall–Kier alpha value is -1.46. The molecule has 2 atom stereocenters. The van der Waals surface area contributed by atoms with Crippen molar-refractivity contribution in [2.24, 2.45) is 5.92 Å². The van der Waals surface area contributed by atoms with Crippen LogP contribution in [0.15, 0.2) is 24.3 Å². The van der Waals surface area contributed by atoms with E-state index in [9.17, 15) is 5.11 Å². The van der Waals surface area contributed by atoms with E-state index in [1.165, 1.54) is 5.56 Å². The summed E-state index contributed by atoms with van der Waals surface area (Å²) in [6.45, 7) is 2.38. The Morgan fingerprint density at radius 2 is 2.31 bits per heavy atom. The highest BCUT2D eigenvalue weighted by molar-refractivity contribution is 5.35. The average molecular weight is 216 g/mol. The first-order valence-corrected chi connectivity index (χ1v) is 5.59. The minimum absolute atomic E-state index is 0.163. The van der Waals surface area contributed by atoms with Crippen LogP contribution in [-0.2, 0) is 6.42 Å². The van der Waals surface area contributed by atoms with Crippen molar-refractivity contribution in [3.8, 4) is 17.6 Å². The van der Waals surface area contributed by atoms with Crippen LogP contribution < -0.4 is 4.74 Å². The fourth-order valence-electron chi connectivity index (χ4n) is 1.97. The molecule has 0 saturated heterocycles. The van der Waals surface area contributed by atoms with Gasteiger partial charge in [-0.3, -0.25) is 0 Å². The Kier molecular flexibility index (Phi) is 3.48. The van der Waals surface area contributed by atoms with Gasteiger partial charge in [0.05, 0.1) is 12.7 Å². The summed E-state index contributed by atoms with van der Waals surface area (Å²) < 4.78 is 5.63. The van der Waals surface area contributed by atoms with Crippen molar-refractivity contribution < 1.29 is 9.84 Å². The zero-order valence-electron chi connectivity index (χ0n) is 9.44. The van der Waals surface area contributed by atoms with E-state index in [4.69, 9.17) is 4.74 Å². The fraction of sp³-hybridized carbons (Fsp3) is 0.429. The molecule has 1 heterocycles. The number of hydrogen-bond acceptors (Lipinski definition) is 2. The van der Waals surface area contributed by atoms with Crippen molar-refractivity contribution >= 4 is 0 Å². The van der Waals surface area contributed by atoms with Crippen molar-refractivity contribution in [1.29, 1.82) is 0 Å². The van der Waals surface area contributed by atoms with Crippen LogP contribution in [0.1, 0.15) is 18.9 Å². The summed E-state index contributed by atoms with van der Waals surface area (Å²) >= 11 is 0. The smallest absolute Gasteiger partial charge is 0.122 e. The Morgan fingerprint density at radius 3 is 3.12 bits per heavy atom. The van der Waals surface area contributed by atoms with Gasteiger partial charge < -0.3 is 9.84 Å². The Labute approximate surface area is 96.3 Å². The molecule has 16 heavy (non-hydrogen) atoms. The molecule has 0 radical (unpaired) electrons. The third-order valence-corrected chi connectivity index (χ3v) is 2.94. The number of benzene rings is 1. The monoisotopic (exact) mass is 216 g/mol. The van der Waals surface area contributed by atoms with E-state index in [-0.39, 0.29) is 12.0 Å². The number of para-hydroxylation sites is 1. The lowest BCUT2D eigenvalue weighted by molar-refractivity contribution is 0.0686. The van der Waals surface area contributed by atoms with E-state index in [1.807, 2.05) is 18.2 Å². The zero-order valence-corrected chi connectivity index (χ0v) is 9.44. The molecule has 2 rings (SSSR count). The summed E-state index contributed by atoms with van der Waals surface area (Å²) in [4.78, 5) is 0. The van der Waals surface area contributed by atoms with Gasteiger partial charge in [-0.1, -0.05) is 18.2 Å². The molecule has 2 heteroatoms. The van der Waals surface area contributed by atoms with Crippen LogP contribution in [0.4, 0.5) is 0 Å². The van der Waals surface area contributed by atoms with Gasteiger partial charge in [0.25, 0.3) is 0 Å². The average Bonchev–Trinajstić information content (AvgIpc) is 2.35. The summed E-state index contributed by atoms with van der Waals surface area (Å²) in [5, 5.41) is 9.95. The van der Waals surface area contributed by atoms with Gasteiger partial charge in [-0.25, -0.2) is 0 Å². The summed E-state index contributed by atoms with van der Waals surface area (Å²) in [5.74, 6) is 6.83. The van der Waals surface area contributed by atoms with Gasteiger partial charge in [-0.05, 0) is 25.0 Å². The molecule has 0 saturated carbocycles. The standard InChI is InChI=1S/C14H16O2/c1-2-3-7-13(15)12-9-11-6-4-5-8-14(11)16-10-12/h4-6,8,12-13,15H,7,9-10H2,1H3. The van der Waals surface area contributed by atoms with Gasteiger partial charge in [0.2, 0.25) is 0 Å². The molecule has 0 bridgehead atoms. The van der Waals surface area contributed by atoms with Gasteiger partial charge in [0.1, 0.15) is 5.75 Å². The highest BCUT2D eigenvalue weighted by atomic mass is 16.5. The fourth-order valence-corrected chi connectivity index (χ4v) is 1.97. The van der Waals surface area contributed by atoms with Gasteiger partial charge in [0.15, 0.2) is 0 Å². The number of aliphatic hydroxyl groups is 1. The molecule has 0 amide bonds. The number of hydrogen-bond donors (Lipinski definition) is 1. The van der Waals surface area contributed by atoms with E-state index in [0.29, 0.717) is 13.0 Å². The lowest BCUT2D eigenvalue weighted by Crippen LogP contribution is -2.31. The zero-order chi connectivity index (χ0) is 11.4. The molecular weight excluding hydrogens is 200 g/mol. The lowest BCUT2D eigenvalue weighted by Gasteiger charge is -2.27. The van der Waals surface area contributed by atoms with E-state index in [1.54, 1.807) is 6.92 Å². The van der Waals surface area contributed by atoms with Crippen LogP contribution in [0.25, 0.3) is 0 Å². The molecule has 1 aliphatic rings. The van der Waals surface area contributed by atoms with Crippen LogP contribution in [0.3, 0.4) is 0 Å². The molecule has 1 aromatic rings. The molecule has 84 valence electrons. The summed E-state index contributed by atoms with van der Waals surface area (Å²) in [5.41, 5.74) is 1.18. The van der Waals surface area contributed by atoms with Crippen molar-refractivity contribution in [3.63, 3.8) is 0 Å². The Bertz CT molecular complexity index is 414. The summed E-state index contributed by atoms with van der Waals surface area (Å²) in [6, 6.07) is 8.00. The third-order valence-electron chi connectivity index (χ3n) is 2.94. The van der Waals surface area contributed by atoms with E-state index >= 15 is 0 Å². The van der Waals surface area contributed by atoms with Crippen molar-refractivity contribution in [2.75, 3.05) is 6.61 Å². The first-order chi connectivity index (χ1) is 7.81. The number of rotatable bonds is 2. The highest BCUT2D eigenvalue weighted by Crippen LogP contribution is 2.28. The molecule has 2 unspecified atom stereocenters. The number of ether oxygens (including phenoxy) is 1.